The summed E-state index contributed by atoms with van der Waals surface area (Å²) in [6.07, 6.45) is 0. The third-order valence-corrected chi connectivity index (χ3v) is 2.37. The predicted molar refractivity (Wildman–Crippen MR) is 62.3 cm³/mol. The fourth-order valence-corrected chi connectivity index (χ4v) is 1.23. The van der Waals surface area contributed by atoms with E-state index in [1.807, 2.05) is 0 Å². The SMILES string of the molecule is CNN(C)C(=O)Nc1cc(Cl)ccc1Cl. The molecule has 82 valence electrons. The molecular formula is C9H11Cl2N3O. The van der Waals surface area contributed by atoms with Gasteiger partial charge in [-0.1, -0.05) is 23.2 Å². The number of nitrogens with zero attached hydrogens (tertiary/aromatic N) is 1. The van der Waals surface area contributed by atoms with Crippen molar-refractivity contribution in [3.8, 4) is 0 Å². The highest BCUT2D eigenvalue weighted by Gasteiger charge is 2.09. The zero-order chi connectivity index (χ0) is 11.4. The summed E-state index contributed by atoms with van der Waals surface area (Å²) in [5.74, 6) is 0. The maximum atomic E-state index is 11.5. The van der Waals surface area contributed by atoms with Gasteiger partial charge in [-0.05, 0) is 18.2 Å². The van der Waals surface area contributed by atoms with Crippen molar-refractivity contribution < 1.29 is 4.79 Å². The van der Waals surface area contributed by atoms with Gasteiger partial charge in [0, 0.05) is 19.1 Å². The number of rotatable bonds is 2. The monoisotopic (exact) mass is 247 g/mol. The number of urea groups is 1. The molecule has 0 radical (unpaired) electrons. The van der Waals surface area contributed by atoms with Crippen LogP contribution in [0.4, 0.5) is 10.5 Å². The number of halogens is 2. The number of carbonyl (C=O) groups is 1. The van der Waals surface area contributed by atoms with Crippen LogP contribution in [0.3, 0.4) is 0 Å². The maximum absolute atomic E-state index is 11.5. The summed E-state index contributed by atoms with van der Waals surface area (Å²) in [4.78, 5) is 11.5. The van der Waals surface area contributed by atoms with E-state index in [1.54, 1.807) is 32.3 Å². The molecule has 0 heterocycles. The average molecular weight is 248 g/mol. The molecule has 15 heavy (non-hydrogen) atoms. The Morgan fingerprint density at radius 3 is 2.67 bits per heavy atom. The van der Waals surface area contributed by atoms with E-state index < -0.39 is 0 Å². The number of amides is 2. The van der Waals surface area contributed by atoms with Crippen LogP contribution in [0.25, 0.3) is 0 Å². The number of hydrazine groups is 1. The van der Waals surface area contributed by atoms with Crippen molar-refractivity contribution in [2.45, 2.75) is 0 Å². The van der Waals surface area contributed by atoms with Crippen molar-refractivity contribution in [3.05, 3.63) is 28.2 Å². The van der Waals surface area contributed by atoms with Crippen LogP contribution in [0.5, 0.6) is 0 Å². The number of anilines is 1. The second-order valence-corrected chi connectivity index (χ2v) is 3.68. The molecule has 1 aromatic rings. The number of hydrogen-bond acceptors (Lipinski definition) is 2. The minimum absolute atomic E-state index is 0.318. The Bertz CT molecular complexity index is 370. The van der Waals surface area contributed by atoms with Gasteiger partial charge in [-0.2, -0.15) is 0 Å². The Balaban J connectivity index is 2.80. The van der Waals surface area contributed by atoms with Crippen LogP contribution in [0.2, 0.25) is 10.0 Å². The van der Waals surface area contributed by atoms with Crippen LogP contribution in [0.15, 0.2) is 18.2 Å². The number of carbonyl (C=O) groups excluding carboxylic acids is 1. The molecule has 2 N–H and O–H groups in total. The standard InChI is InChI=1S/C9H11Cl2N3O/c1-12-14(2)9(15)13-8-5-6(10)3-4-7(8)11/h3-5,12H,1-2H3,(H,13,15). The summed E-state index contributed by atoms with van der Waals surface area (Å²) in [6.45, 7) is 0. The highest BCUT2D eigenvalue weighted by molar-refractivity contribution is 6.35. The minimum atomic E-state index is -0.318. The highest BCUT2D eigenvalue weighted by Crippen LogP contribution is 2.25. The van der Waals surface area contributed by atoms with Crippen LogP contribution in [-0.4, -0.2) is 25.1 Å². The summed E-state index contributed by atoms with van der Waals surface area (Å²) in [7, 11) is 3.23. The first-order valence-electron chi connectivity index (χ1n) is 4.21. The summed E-state index contributed by atoms with van der Waals surface area (Å²) in [5, 5.41) is 4.86. The first-order valence-corrected chi connectivity index (χ1v) is 4.97. The summed E-state index contributed by atoms with van der Waals surface area (Å²) < 4.78 is 0. The molecule has 0 unspecified atom stereocenters. The summed E-state index contributed by atoms with van der Waals surface area (Å²) in [5.41, 5.74) is 3.15. The van der Waals surface area contributed by atoms with Crippen molar-refractivity contribution in [1.29, 1.82) is 0 Å². The molecule has 0 aromatic heterocycles. The fourth-order valence-electron chi connectivity index (χ4n) is 0.894. The second kappa shape index (κ2) is 5.21. The highest BCUT2D eigenvalue weighted by atomic mass is 35.5. The quantitative estimate of drug-likeness (QED) is 0.790. The number of hydrogen-bond donors (Lipinski definition) is 2. The molecule has 4 nitrogen and oxygen atoms in total. The first kappa shape index (κ1) is 12.1. The van der Waals surface area contributed by atoms with Crippen molar-refractivity contribution in [1.82, 2.24) is 10.4 Å². The summed E-state index contributed by atoms with van der Waals surface area (Å²) >= 11 is 11.7. The van der Waals surface area contributed by atoms with Crippen LogP contribution < -0.4 is 10.7 Å². The number of benzene rings is 1. The molecule has 0 saturated heterocycles. The smallest absolute Gasteiger partial charge is 0.305 e. The molecule has 6 heteroatoms. The molecule has 0 aliphatic carbocycles. The normalized spacial score (nSPS) is 9.87. The maximum Gasteiger partial charge on any atom is 0.335 e. The molecule has 0 saturated carbocycles. The molecule has 2 amide bonds. The zero-order valence-electron chi connectivity index (χ0n) is 8.34. The van der Waals surface area contributed by atoms with Crippen LogP contribution >= 0.6 is 23.2 Å². The van der Waals surface area contributed by atoms with Gasteiger partial charge in [-0.25, -0.2) is 10.2 Å². The lowest BCUT2D eigenvalue weighted by atomic mass is 10.3. The van der Waals surface area contributed by atoms with Gasteiger partial charge in [-0.3, -0.25) is 5.01 Å². The largest absolute Gasteiger partial charge is 0.335 e. The van der Waals surface area contributed by atoms with Crippen molar-refractivity contribution in [3.63, 3.8) is 0 Å². The number of nitrogens with one attached hydrogen (secondary N) is 2. The molecule has 1 rings (SSSR count). The van der Waals surface area contributed by atoms with E-state index in [0.29, 0.717) is 15.7 Å². The summed E-state index contributed by atoms with van der Waals surface area (Å²) in [6, 6.07) is 4.55. The Labute approximate surface area is 98.1 Å². The zero-order valence-corrected chi connectivity index (χ0v) is 9.86. The Morgan fingerprint density at radius 2 is 2.07 bits per heavy atom. The van der Waals surface area contributed by atoms with E-state index in [1.165, 1.54) is 5.01 Å². The lowest BCUT2D eigenvalue weighted by Gasteiger charge is -2.16. The van der Waals surface area contributed by atoms with E-state index in [4.69, 9.17) is 23.2 Å². The van der Waals surface area contributed by atoms with Gasteiger partial charge in [0.15, 0.2) is 0 Å². The molecule has 0 atom stereocenters. The molecule has 0 fully saturated rings. The fraction of sp³-hybridized carbons (Fsp3) is 0.222. The van der Waals surface area contributed by atoms with E-state index in [0.717, 1.165) is 0 Å². The lowest BCUT2D eigenvalue weighted by molar-refractivity contribution is 0.207. The predicted octanol–water partition coefficient (Wildman–Crippen LogP) is 2.59. The van der Waals surface area contributed by atoms with Crippen LogP contribution in [0.1, 0.15) is 0 Å². The van der Waals surface area contributed by atoms with Gasteiger partial charge in [0.2, 0.25) is 0 Å². The molecule has 0 spiro atoms. The molecule has 0 aliphatic heterocycles. The van der Waals surface area contributed by atoms with Crippen molar-refractivity contribution in [2.75, 3.05) is 19.4 Å². The Kier molecular flexibility index (Phi) is 4.20. The molecular weight excluding hydrogens is 237 g/mol. The van der Waals surface area contributed by atoms with Gasteiger partial charge in [0.25, 0.3) is 0 Å². The Hall–Kier alpha value is -0.970. The van der Waals surface area contributed by atoms with Crippen molar-refractivity contribution >= 4 is 34.9 Å². The van der Waals surface area contributed by atoms with E-state index in [-0.39, 0.29) is 6.03 Å². The van der Waals surface area contributed by atoms with Gasteiger partial charge < -0.3 is 5.32 Å². The topological polar surface area (TPSA) is 44.4 Å². The average Bonchev–Trinajstić information content (AvgIpc) is 2.22. The Morgan fingerprint density at radius 1 is 1.40 bits per heavy atom. The molecule has 0 bridgehead atoms. The van der Waals surface area contributed by atoms with Gasteiger partial charge in [0.05, 0.1) is 10.7 Å². The lowest BCUT2D eigenvalue weighted by Crippen LogP contribution is -2.39. The molecule has 1 aromatic carbocycles. The molecule has 0 aliphatic rings. The van der Waals surface area contributed by atoms with E-state index in [9.17, 15) is 4.79 Å². The van der Waals surface area contributed by atoms with Crippen LogP contribution in [0, 0.1) is 0 Å². The minimum Gasteiger partial charge on any atom is -0.305 e. The van der Waals surface area contributed by atoms with Crippen molar-refractivity contribution in [2.24, 2.45) is 0 Å². The van der Waals surface area contributed by atoms with E-state index >= 15 is 0 Å². The van der Waals surface area contributed by atoms with Gasteiger partial charge >= 0.3 is 6.03 Å². The second-order valence-electron chi connectivity index (χ2n) is 2.84. The third kappa shape index (κ3) is 3.27. The van der Waals surface area contributed by atoms with Gasteiger partial charge in [0.1, 0.15) is 0 Å². The van der Waals surface area contributed by atoms with Crippen LogP contribution in [-0.2, 0) is 0 Å². The third-order valence-electron chi connectivity index (χ3n) is 1.81. The van der Waals surface area contributed by atoms with E-state index in [2.05, 4.69) is 10.7 Å². The van der Waals surface area contributed by atoms with Gasteiger partial charge in [-0.15, -0.1) is 0 Å². The first-order chi connectivity index (χ1) is 7.04.